The Balaban J connectivity index is 0.000000739. The lowest BCUT2D eigenvalue weighted by Crippen LogP contribution is -2.47. The molecular formula is C22H29ClN2O6S3. The fourth-order valence-electron chi connectivity index (χ4n) is 3.00. The summed E-state index contributed by atoms with van der Waals surface area (Å²) in [6.07, 6.45) is 0.925. The topological polar surface area (TPSA) is 133 Å². The van der Waals surface area contributed by atoms with Gasteiger partial charge in [-0.1, -0.05) is 19.9 Å². The number of carbonyl (C=O) groups excluding carboxylic acids is 1. The molecule has 1 atom stereocenters. The number of nitrogens with one attached hydrogen (secondary N) is 1. The number of hydrogen-bond donors (Lipinski definition) is 2. The van der Waals surface area contributed by atoms with Crippen molar-refractivity contribution in [3.63, 3.8) is 0 Å². The summed E-state index contributed by atoms with van der Waals surface area (Å²) in [5.41, 5.74) is 5.84. The second kappa shape index (κ2) is 10.4. The predicted octanol–water partition coefficient (Wildman–Crippen LogP) is 4.47. The molecule has 0 radical (unpaired) electrons. The summed E-state index contributed by atoms with van der Waals surface area (Å²) in [5, 5.41) is 1.94. The average Bonchev–Trinajstić information content (AvgIpc) is 3.00. The van der Waals surface area contributed by atoms with Gasteiger partial charge in [-0.25, -0.2) is 16.8 Å². The highest BCUT2D eigenvalue weighted by molar-refractivity contribution is 8.13. The van der Waals surface area contributed by atoms with Crippen molar-refractivity contribution >= 4 is 72.9 Å². The van der Waals surface area contributed by atoms with Gasteiger partial charge < -0.3 is 10.5 Å². The second-order valence-corrected chi connectivity index (χ2v) is 14.9. The normalized spacial score (nSPS) is 13.5. The molecule has 0 aliphatic rings. The fraction of sp³-hybridized carbons (Fsp3) is 0.409. The maximum absolute atomic E-state index is 13.0. The molecule has 1 aromatic heterocycles. The standard InChI is InChI=1S/C21H26N2O4S2.CH3ClO2S/c1-12(2)19(20(24)27-21(3,4)5)23-29(25,26)14-7-8-15-16-10-13(22)6-9-17(16)28-18(15)11-14;1-5(2,3)4/h6-12,19,23H,22H2,1-5H3;1H3/t19-;/m1./s1. The fourth-order valence-corrected chi connectivity index (χ4v) is 5.56. The summed E-state index contributed by atoms with van der Waals surface area (Å²) in [7, 11) is -2.60. The first-order valence-electron chi connectivity index (χ1n) is 10.2. The smallest absolute Gasteiger partial charge is 0.324 e. The molecule has 12 heteroatoms. The molecule has 0 aliphatic heterocycles. The number of hydrogen-bond acceptors (Lipinski definition) is 8. The Bertz CT molecular complexity index is 1400. The minimum absolute atomic E-state index is 0.110. The summed E-state index contributed by atoms with van der Waals surface area (Å²) in [6, 6.07) is 9.62. The van der Waals surface area contributed by atoms with Gasteiger partial charge in [0.05, 0.1) is 11.2 Å². The molecule has 0 saturated carbocycles. The van der Waals surface area contributed by atoms with Crippen molar-refractivity contribution in [2.75, 3.05) is 12.0 Å². The van der Waals surface area contributed by atoms with Crippen molar-refractivity contribution in [3.8, 4) is 0 Å². The molecule has 0 spiro atoms. The molecule has 2 aromatic carbocycles. The molecule has 0 bridgehead atoms. The van der Waals surface area contributed by atoms with E-state index < -0.39 is 36.7 Å². The number of ether oxygens (including phenoxy) is 1. The molecule has 0 saturated heterocycles. The van der Waals surface area contributed by atoms with Crippen LogP contribution >= 0.6 is 22.0 Å². The van der Waals surface area contributed by atoms with E-state index in [2.05, 4.69) is 15.4 Å². The zero-order chi connectivity index (χ0) is 26.1. The SMILES string of the molecule is CC(C)[C@@H](NS(=O)(=O)c1ccc2c(c1)sc1ccc(N)cc12)C(=O)OC(C)(C)C.CS(=O)(=O)Cl. The highest BCUT2D eigenvalue weighted by atomic mass is 35.7. The Hall–Kier alpha value is -1.92. The Morgan fingerprint density at radius 2 is 1.62 bits per heavy atom. The largest absolute Gasteiger partial charge is 0.459 e. The monoisotopic (exact) mass is 548 g/mol. The number of thiophene rings is 1. The first-order chi connectivity index (χ1) is 15.4. The van der Waals surface area contributed by atoms with E-state index in [-0.39, 0.29) is 10.8 Å². The van der Waals surface area contributed by atoms with Gasteiger partial charge in [0.25, 0.3) is 0 Å². The van der Waals surface area contributed by atoms with Crippen LogP contribution in [0.25, 0.3) is 20.2 Å². The molecule has 3 rings (SSSR count). The van der Waals surface area contributed by atoms with Gasteiger partial charge in [0.15, 0.2) is 0 Å². The highest BCUT2D eigenvalue weighted by Crippen LogP contribution is 2.36. The van der Waals surface area contributed by atoms with Crippen molar-refractivity contribution in [2.24, 2.45) is 5.92 Å². The molecule has 0 amide bonds. The molecule has 1 heterocycles. The van der Waals surface area contributed by atoms with Gasteiger partial charge in [-0.05, 0) is 57.0 Å². The Morgan fingerprint density at radius 1 is 1.03 bits per heavy atom. The number of nitrogen functional groups attached to an aromatic ring is 1. The number of benzene rings is 2. The van der Waals surface area contributed by atoms with E-state index in [0.717, 1.165) is 26.4 Å². The third-order valence-electron chi connectivity index (χ3n) is 4.39. The van der Waals surface area contributed by atoms with Crippen molar-refractivity contribution in [1.29, 1.82) is 0 Å². The maximum atomic E-state index is 13.0. The van der Waals surface area contributed by atoms with Gasteiger partial charge in [0.2, 0.25) is 19.1 Å². The first-order valence-corrected chi connectivity index (χ1v) is 15.3. The number of carbonyl (C=O) groups is 1. The lowest BCUT2D eigenvalue weighted by molar-refractivity contribution is -0.158. The van der Waals surface area contributed by atoms with E-state index in [0.29, 0.717) is 5.69 Å². The van der Waals surface area contributed by atoms with Crippen molar-refractivity contribution < 1.29 is 26.4 Å². The number of halogens is 1. The molecule has 0 unspecified atom stereocenters. The molecule has 188 valence electrons. The van der Waals surface area contributed by atoms with E-state index in [1.165, 1.54) is 11.3 Å². The van der Waals surface area contributed by atoms with E-state index >= 15 is 0 Å². The maximum Gasteiger partial charge on any atom is 0.324 e. The molecule has 34 heavy (non-hydrogen) atoms. The number of fused-ring (bicyclic) bond motifs is 3. The zero-order valence-corrected chi connectivity index (χ0v) is 23.0. The van der Waals surface area contributed by atoms with Gasteiger partial charge >= 0.3 is 5.97 Å². The van der Waals surface area contributed by atoms with Gasteiger partial charge in [0.1, 0.15) is 11.6 Å². The van der Waals surface area contributed by atoms with E-state index in [9.17, 15) is 21.6 Å². The summed E-state index contributed by atoms with van der Waals surface area (Å²) in [6.45, 7) is 8.80. The van der Waals surface area contributed by atoms with E-state index in [1.807, 2.05) is 18.2 Å². The van der Waals surface area contributed by atoms with Crippen LogP contribution in [0.15, 0.2) is 41.3 Å². The third-order valence-corrected chi connectivity index (χ3v) is 6.96. The Labute approximate surface area is 208 Å². The zero-order valence-electron chi connectivity index (χ0n) is 19.7. The highest BCUT2D eigenvalue weighted by Gasteiger charge is 2.32. The van der Waals surface area contributed by atoms with Crippen LogP contribution < -0.4 is 10.5 Å². The van der Waals surface area contributed by atoms with Gasteiger partial charge in [-0.2, -0.15) is 4.72 Å². The summed E-state index contributed by atoms with van der Waals surface area (Å²) < 4.78 is 54.6. The van der Waals surface area contributed by atoms with Crippen molar-refractivity contribution in [3.05, 3.63) is 36.4 Å². The molecule has 0 fully saturated rings. The van der Waals surface area contributed by atoms with Crippen LogP contribution in [-0.2, 0) is 28.6 Å². The molecule has 3 aromatic rings. The number of sulfonamides is 1. The lowest BCUT2D eigenvalue weighted by atomic mass is 10.1. The summed E-state index contributed by atoms with van der Waals surface area (Å²) >= 11 is 1.50. The molecule has 3 N–H and O–H groups in total. The van der Waals surface area contributed by atoms with Crippen LogP contribution in [0, 0.1) is 5.92 Å². The van der Waals surface area contributed by atoms with Gasteiger partial charge in [0, 0.05) is 36.5 Å². The number of nitrogens with two attached hydrogens (primary N) is 1. The summed E-state index contributed by atoms with van der Waals surface area (Å²) in [5.74, 6) is -0.856. The molecule has 8 nitrogen and oxygen atoms in total. The van der Waals surface area contributed by atoms with Crippen LogP contribution in [0.2, 0.25) is 0 Å². The van der Waals surface area contributed by atoms with Crippen LogP contribution in [0.3, 0.4) is 0 Å². The van der Waals surface area contributed by atoms with Gasteiger partial charge in [-0.3, -0.25) is 4.79 Å². The number of rotatable bonds is 5. The van der Waals surface area contributed by atoms with Crippen LogP contribution in [-0.4, -0.2) is 40.7 Å². The number of esters is 1. The molecule has 0 aliphatic carbocycles. The average molecular weight is 549 g/mol. The second-order valence-electron chi connectivity index (χ2n) is 9.07. The first kappa shape index (κ1) is 28.3. The van der Waals surface area contributed by atoms with Crippen molar-refractivity contribution in [1.82, 2.24) is 4.72 Å². The van der Waals surface area contributed by atoms with Crippen LogP contribution in [0.4, 0.5) is 5.69 Å². The third kappa shape index (κ3) is 8.09. The van der Waals surface area contributed by atoms with Gasteiger partial charge in [-0.15, -0.1) is 11.3 Å². The quantitative estimate of drug-likeness (QED) is 0.273. The van der Waals surface area contributed by atoms with E-state index in [1.54, 1.807) is 52.8 Å². The molecular weight excluding hydrogens is 520 g/mol. The Kier molecular flexibility index (Phi) is 8.64. The van der Waals surface area contributed by atoms with Crippen molar-refractivity contribution in [2.45, 2.75) is 51.2 Å². The predicted molar refractivity (Wildman–Crippen MR) is 139 cm³/mol. The minimum atomic E-state index is -3.91. The minimum Gasteiger partial charge on any atom is -0.459 e. The van der Waals surface area contributed by atoms with Crippen LogP contribution in [0.5, 0.6) is 0 Å². The number of anilines is 1. The lowest BCUT2D eigenvalue weighted by Gasteiger charge is -2.26. The van der Waals surface area contributed by atoms with Crippen LogP contribution in [0.1, 0.15) is 34.6 Å². The van der Waals surface area contributed by atoms with E-state index in [4.69, 9.17) is 10.5 Å². The Morgan fingerprint density at radius 3 is 2.15 bits per heavy atom. The summed E-state index contributed by atoms with van der Waals surface area (Å²) in [4.78, 5) is 12.6.